The SMILES string of the molecule is COc1ccc(-c2cc(C(=O)Nc3ccc(Oc4cc(Oc5ccccc5)cc([N+](=O)[O-])c4)cc3)c3ccccc3n2)cc1. The van der Waals surface area contributed by atoms with E-state index in [2.05, 4.69) is 5.32 Å². The zero-order valence-corrected chi connectivity index (χ0v) is 23.5. The molecule has 1 N–H and O–H groups in total. The number of aromatic nitrogens is 1. The number of pyridine rings is 1. The van der Waals surface area contributed by atoms with E-state index in [1.54, 1.807) is 67.8 Å². The first-order valence-electron chi connectivity index (χ1n) is 13.6. The molecule has 1 amide bonds. The third kappa shape index (κ3) is 6.32. The number of fused-ring (bicyclic) bond motifs is 1. The van der Waals surface area contributed by atoms with E-state index in [0.717, 1.165) is 16.7 Å². The topological polar surface area (TPSA) is 113 Å². The van der Waals surface area contributed by atoms with Crippen LogP contribution in [-0.4, -0.2) is 22.9 Å². The highest BCUT2D eigenvalue weighted by atomic mass is 16.6. The van der Waals surface area contributed by atoms with Gasteiger partial charge in [-0.1, -0.05) is 36.4 Å². The fourth-order valence-electron chi connectivity index (χ4n) is 4.62. The predicted molar refractivity (Wildman–Crippen MR) is 168 cm³/mol. The number of nitrogens with zero attached hydrogens (tertiary/aromatic N) is 2. The number of rotatable bonds is 9. The molecule has 0 atom stereocenters. The minimum atomic E-state index is -0.508. The molecule has 0 bridgehead atoms. The van der Waals surface area contributed by atoms with E-state index >= 15 is 0 Å². The molecule has 1 aromatic heterocycles. The van der Waals surface area contributed by atoms with Gasteiger partial charge in [0, 0.05) is 22.7 Å². The summed E-state index contributed by atoms with van der Waals surface area (Å²) in [7, 11) is 1.61. The molecule has 1 heterocycles. The van der Waals surface area contributed by atoms with Gasteiger partial charge in [-0.3, -0.25) is 14.9 Å². The maximum atomic E-state index is 13.5. The van der Waals surface area contributed by atoms with Crippen LogP contribution in [0.15, 0.2) is 127 Å². The van der Waals surface area contributed by atoms with Crippen molar-refractivity contribution in [2.45, 2.75) is 0 Å². The van der Waals surface area contributed by atoms with Crippen LogP contribution in [0.1, 0.15) is 10.4 Å². The minimum absolute atomic E-state index is 0.170. The highest BCUT2D eigenvalue weighted by molar-refractivity contribution is 6.13. The van der Waals surface area contributed by atoms with Crippen LogP contribution < -0.4 is 19.5 Å². The van der Waals surface area contributed by atoms with E-state index in [0.29, 0.717) is 34.0 Å². The van der Waals surface area contributed by atoms with Crippen LogP contribution in [0.3, 0.4) is 0 Å². The molecule has 0 fully saturated rings. The summed E-state index contributed by atoms with van der Waals surface area (Å²) in [5, 5.41) is 15.2. The Morgan fingerprint density at radius 2 is 1.32 bits per heavy atom. The van der Waals surface area contributed by atoms with Crippen LogP contribution in [0.25, 0.3) is 22.2 Å². The van der Waals surface area contributed by atoms with Gasteiger partial charge in [-0.05, 0) is 72.8 Å². The highest BCUT2D eigenvalue weighted by Crippen LogP contribution is 2.34. The summed E-state index contributed by atoms with van der Waals surface area (Å²) in [5.41, 5.74) is 3.06. The lowest BCUT2D eigenvalue weighted by molar-refractivity contribution is -0.385. The lowest BCUT2D eigenvalue weighted by Gasteiger charge is -2.12. The highest BCUT2D eigenvalue weighted by Gasteiger charge is 2.16. The van der Waals surface area contributed by atoms with Gasteiger partial charge in [-0.2, -0.15) is 0 Å². The molecule has 0 aliphatic carbocycles. The van der Waals surface area contributed by atoms with Crippen molar-refractivity contribution in [2.75, 3.05) is 12.4 Å². The fourth-order valence-corrected chi connectivity index (χ4v) is 4.62. The summed E-state index contributed by atoms with van der Waals surface area (Å²) in [6, 6.07) is 36.7. The number of nitro groups is 1. The lowest BCUT2D eigenvalue weighted by Crippen LogP contribution is -2.13. The Bertz CT molecular complexity index is 1960. The molecule has 0 unspecified atom stereocenters. The number of hydrogen-bond acceptors (Lipinski definition) is 7. The second kappa shape index (κ2) is 12.3. The van der Waals surface area contributed by atoms with Crippen molar-refractivity contribution in [1.29, 1.82) is 0 Å². The lowest BCUT2D eigenvalue weighted by atomic mass is 10.0. The first-order chi connectivity index (χ1) is 21.4. The third-order valence-corrected chi connectivity index (χ3v) is 6.75. The second-order valence-corrected chi connectivity index (χ2v) is 9.72. The van der Waals surface area contributed by atoms with Crippen LogP contribution in [0.5, 0.6) is 28.7 Å². The molecular formula is C35H25N3O6. The van der Waals surface area contributed by atoms with Crippen molar-refractivity contribution in [3.63, 3.8) is 0 Å². The monoisotopic (exact) mass is 583 g/mol. The molecule has 9 heteroatoms. The Kier molecular flexibility index (Phi) is 7.83. The molecule has 9 nitrogen and oxygen atoms in total. The number of hydrogen-bond donors (Lipinski definition) is 1. The average molecular weight is 584 g/mol. The molecule has 0 spiro atoms. The van der Waals surface area contributed by atoms with Crippen LogP contribution in [0, 0.1) is 10.1 Å². The summed E-state index contributed by atoms with van der Waals surface area (Å²) < 4.78 is 17.0. The molecule has 6 aromatic rings. The summed E-state index contributed by atoms with van der Waals surface area (Å²) >= 11 is 0. The van der Waals surface area contributed by atoms with E-state index in [-0.39, 0.29) is 23.1 Å². The van der Waals surface area contributed by atoms with Crippen molar-refractivity contribution in [2.24, 2.45) is 0 Å². The number of amides is 1. The zero-order valence-electron chi connectivity index (χ0n) is 23.5. The molecule has 0 radical (unpaired) electrons. The van der Waals surface area contributed by atoms with Crippen molar-refractivity contribution < 1.29 is 23.9 Å². The van der Waals surface area contributed by atoms with Gasteiger partial charge in [-0.25, -0.2) is 4.98 Å². The van der Waals surface area contributed by atoms with Crippen LogP contribution in [0.2, 0.25) is 0 Å². The number of anilines is 1. The van der Waals surface area contributed by atoms with Gasteiger partial charge >= 0.3 is 0 Å². The molecular weight excluding hydrogens is 558 g/mol. The number of nitro benzene ring substituents is 1. The molecule has 6 rings (SSSR count). The Balaban J connectivity index is 1.22. The van der Waals surface area contributed by atoms with Crippen LogP contribution in [-0.2, 0) is 0 Å². The first-order valence-corrected chi connectivity index (χ1v) is 13.6. The summed E-state index contributed by atoms with van der Waals surface area (Å²) in [6.45, 7) is 0. The quantitative estimate of drug-likeness (QED) is 0.134. The van der Waals surface area contributed by atoms with E-state index < -0.39 is 4.92 Å². The van der Waals surface area contributed by atoms with Crippen molar-refractivity contribution >= 4 is 28.2 Å². The van der Waals surface area contributed by atoms with Gasteiger partial charge in [0.2, 0.25) is 0 Å². The summed E-state index contributed by atoms with van der Waals surface area (Å²) in [6.07, 6.45) is 0. The van der Waals surface area contributed by atoms with Crippen molar-refractivity contribution in [3.05, 3.63) is 143 Å². The molecule has 216 valence electrons. The third-order valence-electron chi connectivity index (χ3n) is 6.75. The largest absolute Gasteiger partial charge is 0.497 e. The van der Waals surface area contributed by atoms with E-state index in [1.165, 1.54) is 12.1 Å². The molecule has 5 aromatic carbocycles. The van der Waals surface area contributed by atoms with E-state index in [9.17, 15) is 14.9 Å². The number of nitrogens with one attached hydrogen (secondary N) is 1. The molecule has 0 saturated heterocycles. The summed E-state index contributed by atoms with van der Waals surface area (Å²) in [5.74, 6) is 1.89. The van der Waals surface area contributed by atoms with Crippen LogP contribution in [0.4, 0.5) is 11.4 Å². The standard InChI is InChI=1S/C35H25N3O6/c1-42-26-15-11-23(12-16-26)34-22-32(31-9-5-6-10-33(31)37-34)35(39)36-24-13-17-28(18-14-24)44-30-20-25(38(40)41)19-29(21-30)43-27-7-3-2-4-8-27/h2-22H,1H3,(H,36,39). The fraction of sp³-hybridized carbons (Fsp3) is 0.0286. The van der Waals surface area contributed by atoms with Gasteiger partial charge in [0.05, 0.1) is 40.9 Å². The number of carbonyl (C=O) groups excluding carboxylic acids is 1. The number of methoxy groups -OCH3 is 1. The number of benzene rings is 5. The normalized spacial score (nSPS) is 10.7. The van der Waals surface area contributed by atoms with E-state index in [4.69, 9.17) is 19.2 Å². The Morgan fingerprint density at radius 1 is 0.705 bits per heavy atom. The number of ether oxygens (including phenoxy) is 3. The zero-order chi connectivity index (χ0) is 30.5. The molecule has 0 aliphatic rings. The number of non-ortho nitro benzene ring substituents is 1. The van der Waals surface area contributed by atoms with Crippen LogP contribution >= 0.6 is 0 Å². The Hall–Kier alpha value is -6.22. The maximum Gasteiger partial charge on any atom is 0.276 e. The van der Waals surface area contributed by atoms with Gasteiger partial charge < -0.3 is 19.5 Å². The second-order valence-electron chi connectivity index (χ2n) is 9.72. The minimum Gasteiger partial charge on any atom is -0.497 e. The van der Waals surface area contributed by atoms with Gasteiger partial charge in [-0.15, -0.1) is 0 Å². The number of carbonyl (C=O) groups is 1. The van der Waals surface area contributed by atoms with Crippen molar-refractivity contribution in [1.82, 2.24) is 4.98 Å². The predicted octanol–water partition coefficient (Wildman–Crippen LogP) is 8.66. The Morgan fingerprint density at radius 3 is 1.98 bits per heavy atom. The maximum absolute atomic E-state index is 13.5. The first kappa shape index (κ1) is 27.9. The van der Waals surface area contributed by atoms with Gasteiger partial charge in [0.15, 0.2) is 0 Å². The number of para-hydroxylation sites is 2. The Labute approximate surface area is 252 Å². The average Bonchev–Trinajstić information content (AvgIpc) is 3.05. The molecule has 44 heavy (non-hydrogen) atoms. The summed E-state index contributed by atoms with van der Waals surface area (Å²) in [4.78, 5) is 29.3. The van der Waals surface area contributed by atoms with Crippen molar-refractivity contribution in [3.8, 4) is 40.0 Å². The molecule has 0 saturated carbocycles. The van der Waals surface area contributed by atoms with Gasteiger partial charge in [0.25, 0.3) is 11.6 Å². The smallest absolute Gasteiger partial charge is 0.276 e. The van der Waals surface area contributed by atoms with Gasteiger partial charge in [0.1, 0.15) is 28.7 Å². The molecule has 0 aliphatic heterocycles. The van der Waals surface area contributed by atoms with E-state index in [1.807, 2.05) is 54.6 Å².